The molecule has 2 heterocycles. The molecule has 2 atom stereocenters. The van der Waals surface area contributed by atoms with Gasteiger partial charge in [0.2, 0.25) is 0 Å². The monoisotopic (exact) mass is 327 g/mol. The molecule has 1 aliphatic rings. The van der Waals surface area contributed by atoms with Gasteiger partial charge >= 0.3 is 0 Å². The first-order valence-electron chi connectivity index (χ1n) is 8.41. The molecule has 2 N–H and O–H groups in total. The second-order valence-corrected chi connectivity index (χ2v) is 7.06. The lowest BCUT2D eigenvalue weighted by Gasteiger charge is -2.19. The summed E-state index contributed by atoms with van der Waals surface area (Å²) in [6.45, 7) is 8.90. The zero-order valence-corrected chi connectivity index (χ0v) is 14.8. The van der Waals surface area contributed by atoms with E-state index in [2.05, 4.69) is 10.2 Å². The number of hydrogen-bond acceptors (Lipinski definition) is 3. The average Bonchev–Trinajstić information content (AvgIpc) is 3.05. The van der Waals surface area contributed by atoms with Gasteiger partial charge in [0.25, 0.3) is 5.91 Å². The lowest BCUT2D eigenvalue weighted by atomic mass is 9.98. The molecule has 1 fully saturated rings. The number of β-amino-alcohol motifs (C(OH)–C–C–N with tert-alkyl or cyclic N) is 1. The summed E-state index contributed by atoms with van der Waals surface area (Å²) in [4.78, 5) is 14.7. The van der Waals surface area contributed by atoms with Crippen molar-refractivity contribution in [1.82, 2.24) is 15.1 Å². The molecule has 0 aliphatic carbocycles. The molecule has 0 radical (unpaired) electrons. The summed E-state index contributed by atoms with van der Waals surface area (Å²) in [7, 11) is 0. The first-order valence-corrected chi connectivity index (χ1v) is 8.41. The van der Waals surface area contributed by atoms with Crippen molar-refractivity contribution < 1.29 is 9.90 Å². The predicted molar refractivity (Wildman–Crippen MR) is 93.1 cm³/mol. The molecule has 1 aromatic carbocycles. The van der Waals surface area contributed by atoms with Gasteiger partial charge in [-0.25, -0.2) is 0 Å². The Balaban J connectivity index is 1.75. The van der Waals surface area contributed by atoms with Gasteiger partial charge < -0.3 is 10.0 Å². The predicted octanol–water partition coefficient (Wildman–Crippen LogP) is 2.32. The Labute approximate surface area is 142 Å². The van der Waals surface area contributed by atoms with Crippen LogP contribution in [0.1, 0.15) is 38.4 Å². The average molecular weight is 327 g/mol. The summed E-state index contributed by atoms with van der Waals surface area (Å²) < 4.78 is 0. The van der Waals surface area contributed by atoms with Crippen LogP contribution in [-0.2, 0) is 6.42 Å². The summed E-state index contributed by atoms with van der Waals surface area (Å²) >= 11 is 0. The Kier molecular flexibility index (Phi) is 4.45. The number of likely N-dealkylation sites (tertiary alicyclic amines) is 1. The number of H-pyrrole nitrogens is 1. The molecular formula is C19H25N3O2. The number of nitrogens with one attached hydrogen (secondary N) is 1. The maximum absolute atomic E-state index is 12.9. The number of aromatic nitrogens is 2. The molecule has 128 valence electrons. The number of nitrogens with zero attached hydrogens (tertiary/aromatic N) is 2. The quantitative estimate of drug-likeness (QED) is 0.909. The van der Waals surface area contributed by atoms with Gasteiger partial charge in [-0.15, -0.1) is 0 Å². The fraction of sp³-hybridized carbons (Fsp3) is 0.474. The summed E-state index contributed by atoms with van der Waals surface area (Å²) in [5.74, 6) is 0.0486. The van der Waals surface area contributed by atoms with E-state index in [-0.39, 0.29) is 11.8 Å². The van der Waals surface area contributed by atoms with Crippen LogP contribution in [0.25, 0.3) is 0 Å². The van der Waals surface area contributed by atoms with Crippen LogP contribution in [-0.4, -0.2) is 45.3 Å². The Morgan fingerprint density at radius 2 is 1.88 bits per heavy atom. The second-order valence-electron chi connectivity index (χ2n) is 7.06. The SMILES string of the molecule is Cc1cc(C)c(C(=O)N2C[C@@H](Cc3cc(C)[nH]n3)[C@H](O)C2)c(C)c1. The molecular weight excluding hydrogens is 302 g/mol. The molecule has 24 heavy (non-hydrogen) atoms. The largest absolute Gasteiger partial charge is 0.391 e. The third kappa shape index (κ3) is 3.22. The van der Waals surface area contributed by atoms with E-state index >= 15 is 0 Å². The summed E-state index contributed by atoms with van der Waals surface area (Å²) in [6, 6.07) is 6.07. The van der Waals surface area contributed by atoms with E-state index in [0.29, 0.717) is 19.5 Å². The van der Waals surface area contributed by atoms with Crippen molar-refractivity contribution in [2.24, 2.45) is 5.92 Å². The molecule has 5 nitrogen and oxygen atoms in total. The standard InChI is InChI=1S/C19H25N3O2/c1-11-5-12(2)18(13(3)6-11)19(24)22-9-15(17(23)10-22)8-16-7-14(4)20-21-16/h5-7,15,17,23H,8-10H2,1-4H3,(H,20,21)/t15-,17-/m1/s1. The van der Waals surface area contributed by atoms with E-state index in [9.17, 15) is 9.90 Å². The Morgan fingerprint density at radius 3 is 2.46 bits per heavy atom. The molecule has 0 spiro atoms. The van der Waals surface area contributed by atoms with Crippen molar-refractivity contribution >= 4 is 5.91 Å². The van der Waals surface area contributed by atoms with Gasteiger partial charge in [-0.1, -0.05) is 17.7 Å². The fourth-order valence-electron chi connectivity index (χ4n) is 3.74. The van der Waals surface area contributed by atoms with E-state index in [1.54, 1.807) is 4.90 Å². The number of benzene rings is 1. The third-order valence-electron chi connectivity index (χ3n) is 4.81. The lowest BCUT2D eigenvalue weighted by molar-refractivity contribution is 0.0763. The molecule has 0 saturated carbocycles. The number of aliphatic hydroxyl groups excluding tert-OH is 1. The minimum atomic E-state index is -0.503. The van der Waals surface area contributed by atoms with Crippen LogP contribution in [0.15, 0.2) is 18.2 Å². The van der Waals surface area contributed by atoms with Gasteiger partial charge in [-0.05, 0) is 51.3 Å². The van der Waals surface area contributed by atoms with Crippen LogP contribution in [0.4, 0.5) is 0 Å². The van der Waals surface area contributed by atoms with Crippen LogP contribution in [0, 0.1) is 33.6 Å². The van der Waals surface area contributed by atoms with Crippen LogP contribution >= 0.6 is 0 Å². The van der Waals surface area contributed by atoms with Crippen molar-refractivity contribution in [3.63, 3.8) is 0 Å². The van der Waals surface area contributed by atoms with Crippen molar-refractivity contribution in [3.8, 4) is 0 Å². The smallest absolute Gasteiger partial charge is 0.254 e. The van der Waals surface area contributed by atoms with E-state index < -0.39 is 6.10 Å². The van der Waals surface area contributed by atoms with Crippen molar-refractivity contribution in [3.05, 3.63) is 51.8 Å². The molecule has 2 aromatic rings. The van der Waals surface area contributed by atoms with E-state index in [0.717, 1.165) is 33.6 Å². The molecule has 1 saturated heterocycles. The Morgan fingerprint density at radius 1 is 1.21 bits per heavy atom. The summed E-state index contributed by atoms with van der Waals surface area (Å²) in [6.07, 6.45) is 0.179. The van der Waals surface area contributed by atoms with Gasteiger partial charge in [0.1, 0.15) is 0 Å². The molecule has 3 rings (SSSR count). The Bertz CT molecular complexity index is 743. The summed E-state index contributed by atoms with van der Waals surface area (Å²) in [5.41, 5.74) is 5.88. The summed E-state index contributed by atoms with van der Waals surface area (Å²) in [5, 5.41) is 17.5. The highest BCUT2D eigenvalue weighted by Gasteiger charge is 2.35. The van der Waals surface area contributed by atoms with Gasteiger partial charge in [-0.3, -0.25) is 9.89 Å². The van der Waals surface area contributed by atoms with Gasteiger partial charge in [0.05, 0.1) is 11.8 Å². The number of rotatable bonds is 3. The van der Waals surface area contributed by atoms with E-state index in [1.165, 1.54) is 0 Å². The number of aliphatic hydroxyl groups is 1. The number of amides is 1. The highest BCUT2D eigenvalue weighted by Crippen LogP contribution is 2.25. The van der Waals surface area contributed by atoms with Crippen LogP contribution < -0.4 is 0 Å². The molecule has 5 heteroatoms. The van der Waals surface area contributed by atoms with E-state index in [1.807, 2.05) is 45.9 Å². The van der Waals surface area contributed by atoms with Crippen LogP contribution in [0.5, 0.6) is 0 Å². The number of aromatic amines is 1. The number of aryl methyl sites for hydroxylation is 4. The van der Waals surface area contributed by atoms with Gasteiger partial charge in [0.15, 0.2) is 0 Å². The molecule has 0 unspecified atom stereocenters. The molecule has 1 aromatic heterocycles. The molecule has 1 amide bonds. The number of hydrogen-bond donors (Lipinski definition) is 2. The second kappa shape index (κ2) is 6.40. The Hall–Kier alpha value is -2.14. The number of carbonyl (C=O) groups is 1. The number of carbonyl (C=O) groups excluding carboxylic acids is 1. The first-order chi connectivity index (χ1) is 11.3. The topological polar surface area (TPSA) is 69.2 Å². The van der Waals surface area contributed by atoms with Gasteiger partial charge in [-0.2, -0.15) is 5.10 Å². The highest BCUT2D eigenvalue weighted by atomic mass is 16.3. The third-order valence-corrected chi connectivity index (χ3v) is 4.81. The maximum atomic E-state index is 12.9. The van der Waals surface area contributed by atoms with Crippen molar-refractivity contribution in [2.75, 3.05) is 13.1 Å². The van der Waals surface area contributed by atoms with Crippen molar-refractivity contribution in [1.29, 1.82) is 0 Å². The fourth-order valence-corrected chi connectivity index (χ4v) is 3.74. The van der Waals surface area contributed by atoms with Crippen LogP contribution in [0.2, 0.25) is 0 Å². The molecule has 1 aliphatic heterocycles. The maximum Gasteiger partial charge on any atom is 0.254 e. The molecule has 0 bridgehead atoms. The minimum Gasteiger partial charge on any atom is -0.391 e. The van der Waals surface area contributed by atoms with E-state index in [4.69, 9.17) is 0 Å². The normalized spacial score (nSPS) is 20.6. The lowest BCUT2D eigenvalue weighted by Crippen LogP contribution is -2.30. The first kappa shape index (κ1) is 16.7. The highest BCUT2D eigenvalue weighted by molar-refractivity contribution is 5.97. The van der Waals surface area contributed by atoms with Crippen molar-refractivity contribution in [2.45, 2.75) is 40.2 Å². The van der Waals surface area contributed by atoms with Gasteiger partial charge in [0, 0.05) is 30.3 Å². The zero-order valence-electron chi connectivity index (χ0n) is 14.8. The minimum absolute atomic E-state index is 0.0183. The zero-order chi connectivity index (χ0) is 17.4. The van der Waals surface area contributed by atoms with Crippen LogP contribution in [0.3, 0.4) is 0 Å².